The number of ether oxygens (including phenoxy) is 1. The van der Waals surface area contributed by atoms with Gasteiger partial charge in [-0.25, -0.2) is 0 Å². The highest BCUT2D eigenvalue weighted by molar-refractivity contribution is 6.32. The van der Waals surface area contributed by atoms with Crippen molar-refractivity contribution in [2.45, 2.75) is 38.1 Å². The number of quaternary nitrogens is 1. The molecule has 1 aromatic carbocycles. The van der Waals surface area contributed by atoms with Crippen molar-refractivity contribution in [3.8, 4) is 5.75 Å². The summed E-state index contributed by atoms with van der Waals surface area (Å²) in [5.41, 5.74) is 0.710. The third kappa shape index (κ3) is 4.61. The summed E-state index contributed by atoms with van der Waals surface area (Å²) in [6.45, 7) is 0.494. The molecule has 2 N–H and O–H groups in total. The minimum absolute atomic E-state index is 0.0271. The largest absolute Gasteiger partial charge is 0.495 e. The number of likely N-dealkylation sites (N-methyl/N-ethyl adjacent to an activating group) is 1. The molecule has 1 amide bonds. The zero-order valence-electron chi connectivity index (χ0n) is 12.7. The molecule has 1 fully saturated rings. The van der Waals surface area contributed by atoms with Crippen molar-refractivity contribution in [2.24, 2.45) is 0 Å². The number of benzene rings is 1. The molecule has 1 aliphatic rings. The Kier molecular flexibility index (Phi) is 5.88. The van der Waals surface area contributed by atoms with Crippen LogP contribution >= 0.6 is 11.6 Å². The van der Waals surface area contributed by atoms with Crippen LogP contribution in [0.15, 0.2) is 18.2 Å². The molecule has 0 radical (unpaired) electrons. The number of carbonyl (C=O) groups is 1. The lowest BCUT2D eigenvalue weighted by Gasteiger charge is -2.27. The maximum absolute atomic E-state index is 12.1. The average Bonchev–Trinajstić information content (AvgIpc) is 2.48. The molecule has 0 heterocycles. The van der Waals surface area contributed by atoms with Crippen LogP contribution in [0.2, 0.25) is 5.02 Å². The third-order valence-electron chi connectivity index (χ3n) is 4.18. The van der Waals surface area contributed by atoms with Gasteiger partial charge < -0.3 is 15.0 Å². The van der Waals surface area contributed by atoms with E-state index < -0.39 is 0 Å². The van der Waals surface area contributed by atoms with E-state index in [4.69, 9.17) is 16.3 Å². The van der Waals surface area contributed by atoms with E-state index >= 15 is 0 Å². The molecule has 4 nitrogen and oxygen atoms in total. The summed E-state index contributed by atoms with van der Waals surface area (Å²) in [7, 11) is 3.68. The monoisotopic (exact) mass is 311 g/mol. The van der Waals surface area contributed by atoms with Gasteiger partial charge in [0, 0.05) is 5.69 Å². The second-order valence-electron chi connectivity index (χ2n) is 5.76. The topological polar surface area (TPSA) is 42.8 Å². The summed E-state index contributed by atoms with van der Waals surface area (Å²) >= 11 is 6.06. The van der Waals surface area contributed by atoms with Crippen molar-refractivity contribution >= 4 is 23.2 Å². The lowest BCUT2D eigenvalue weighted by atomic mass is 9.94. The zero-order valence-corrected chi connectivity index (χ0v) is 13.5. The van der Waals surface area contributed by atoms with E-state index in [9.17, 15) is 4.79 Å². The molecule has 0 aromatic heterocycles. The normalized spacial score (nSPS) is 17.3. The highest BCUT2D eigenvalue weighted by Crippen LogP contribution is 2.27. The maximum Gasteiger partial charge on any atom is 0.279 e. The van der Waals surface area contributed by atoms with E-state index in [0.717, 1.165) is 0 Å². The molecule has 1 atom stereocenters. The fourth-order valence-corrected chi connectivity index (χ4v) is 3.20. The highest BCUT2D eigenvalue weighted by atomic mass is 35.5. The quantitative estimate of drug-likeness (QED) is 0.875. The van der Waals surface area contributed by atoms with Gasteiger partial charge in [-0.15, -0.1) is 0 Å². The molecule has 1 aliphatic carbocycles. The fourth-order valence-electron chi connectivity index (χ4n) is 2.94. The Morgan fingerprint density at radius 3 is 2.71 bits per heavy atom. The van der Waals surface area contributed by atoms with Gasteiger partial charge in [-0.3, -0.25) is 4.79 Å². The summed E-state index contributed by atoms with van der Waals surface area (Å²) in [5.74, 6) is 0.638. The molecular formula is C16H24ClN2O2+. The predicted molar refractivity (Wildman–Crippen MR) is 85.3 cm³/mol. The number of nitrogens with one attached hydrogen (secondary N) is 2. The first kappa shape index (κ1) is 16.1. The van der Waals surface area contributed by atoms with Crippen molar-refractivity contribution in [3.63, 3.8) is 0 Å². The van der Waals surface area contributed by atoms with Crippen LogP contribution in [0.5, 0.6) is 5.75 Å². The summed E-state index contributed by atoms with van der Waals surface area (Å²) in [6.07, 6.45) is 6.37. The van der Waals surface area contributed by atoms with Crippen molar-refractivity contribution in [3.05, 3.63) is 23.2 Å². The molecule has 0 aliphatic heterocycles. The summed E-state index contributed by atoms with van der Waals surface area (Å²) in [4.78, 5) is 13.4. The lowest BCUT2D eigenvalue weighted by molar-refractivity contribution is -0.899. The molecule has 21 heavy (non-hydrogen) atoms. The first-order valence-electron chi connectivity index (χ1n) is 7.56. The number of carbonyl (C=O) groups excluding carboxylic acids is 1. The number of amides is 1. The van der Waals surface area contributed by atoms with Gasteiger partial charge in [0.05, 0.1) is 25.2 Å². The maximum atomic E-state index is 12.1. The fraction of sp³-hybridized carbons (Fsp3) is 0.562. The average molecular weight is 312 g/mol. The third-order valence-corrected chi connectivity index (χ3v) is 4.47. The molecule has 116 valence electrons. The molecule has 1 saturated carbocycles. The Bertz CT molecular complexity index is 487. The predicted octanol–water partition coefficient (Wildman–Crippen LogP) is 2.13. The van der Waals surface area contributed by atoms with Crippen LogP contribution < -0.4 is 15.0 Å². The van der Waals surface area contributed by atoms with Crippen molar-refractivity contribution in [2.75, 3.05) is 26.0 Å². The van der Waals surface area contributed by atoms with Gasteiger partial charge >= 0.3 is 0 Å². The van der Waals surface area contributed by atoms with E-state index in [1.165, 1.54) is 37.0 Å². The molecule has 1 aromatic rings. The summed E-state index contributed by atoms with van der Waals surface area (Å²) < 4.78 is 5.10. The van der Waals surface area contributed by atoms with Crippen molar-refractivity contribution in [1.82, 2.24) is 0 Å². The van der Waals surface area contributed by atoms with Gasteiger partial charge in [0.2, 0.25) is 0 Å². The van der Waals surface area contributed by atoms with Crippen molar-refractivity contribution in [1.29, 1.82) is 0 Å². The van der Waals surface area contributed by atoms with Gasteiger partial charge in [-0.05, 0) is 43.9 Å². The van der Waals surface area contributed by atoms with Gasteiger partial charge in [0.25, 0.3) is 5.91 Å². The molecule has 2 rings (SSSR count). The van der Waals surface area contributed by atoms with Crippen LogP contribution in [-0.4, -0.2) is 32.7 Å². The SMILES string of the molecule is COc1ccc(NC(=O)C[NH+](C)C2CCCCC2)cc1Cl. The second kappa shape index (κ2) is 7.66. The number of anilines is 1. The Balaban J connectivity index is 1.87. The smallest absolute Gasteiger partial charge is 0.279 e. The number of rotatable bonds is 5. The molecule has 5 heteroatoms. The number of methoxy groups -OCH3 is 1. The van der Waals surface area contributed by atoms with E-state index in [-0.39, 0.29) is 5.91 Å². The lowest BCUT2D eigenvalue weighted by Crippen LogP contribution is -3.14. The minimum atomic E-state index is 0.0271. The first-order valence-corrected chi connectivity index (χ1v) is 7.93. The number of hydrogen-bond donors (Lipinski definition) is 2. The van der Waals surface area contributed by atoms with Crippen LogP contribution in [0.4, 0.5) is 5.69 Å². The Morgan fingerprint density at radius 2 is 2.10 bits per heavy atom. The highest BCUT2D eigenvalue weighted by Gasteiger charge is 2.23. The van der Waals surface area contributed by atoms with Gasteiger partial charge in [-0.1, -0.05) is 18.0 Å². The minimum Gasteiger partial charge on any atom is -0.495 e. The molecule has 1 unspecified atom stereocenters. The standard InChI is InChI=1S/C16H23ClN2O2/c1-19(13-6-4-3-5-7-13)11-16(20)18-12-8-9-15(21-2)14(17)10-12/h8-10,13H,3-7,11H2,1-2H3,(H,18,20)/p+1. The van der Waals surface area contributed by atoms with Crippen LogP contribution in [0.25, 0.3) is 0 Å². The zero-order chi connectivity index (χ0) is 15.2. The Hall–Kier alpha value is -1.26. The molecule has 0 spiro atoms. The number of halogens is 1. The second-order valence-corrected chi connectivity index (χ2v) is 6.16. The van der Waals surface area contributed by atoms with Gasteiger partial charge in [-0.2, -0.15) is 0 Å². The first-order chi connectivity index (χ1) is 10.1. The van der Waals surface area contributed by atoms with Crippen LogP contribution in [0, 0.1) is 0 Å². The molecular weight excluding hydrogens is 288 g/mol. The van der Waals surface area contributed by atoms with Crippen LogP contribution in [0.1, 0.15) is 32.1 Å². The molecule has 0 saturated heterocycles. The summed E-state index contributed by atoms with van der Waals surface area (Å²) in [6, 6.07) is 5.89. The van der Waals surface area contributed by atoms with Crippen LogP contribution in [0.3, 0.4) is 0 Å². The number of hydrogen-bond acceptors (Lipinski definition) is 2. The Morgan fingerprint density at radius 1 is 1.38 bits per heavy atom. The van der Waals surface area contributed by atoms with E-state index in [0.29, 0.717) is 29.0 Å². The van der Waals surface area contributed by atoms with Gasteiger partial charge in [0.15, 0.2) is 6.54 Å². The van der Waals surface area contributed by atoms with Crippen molar-refractivity contribution < 1.29 is 14.4 Å². The van der Waals surface area contributed by atoms with E-state index in [1.54, 1.807) is 25.3 Å². The van der Waals surface area contributed by atoms with Crippen LogP contribution in [-0.2, 0) is 4.79 Å². The Labute approximate surface area is 131 Å². The summed E-state index contributed by atoms with van der Waals surface area (Å²) in [5, 5.41) is 3.41. The molecule has 0 bridgehead atoms. The van der Waals surface area contributed by atoms with E-state index in [2.05, 4.69) is 12.4 Å². The van der Waals surface area contributed by atoms with E-state index in [1.807, 2.05) is 0 Å². The van der Waals surface area contributed by atoms with Gasteiger partial charge in [0.1, 0.15) is 5.75 Å².